The number of nitrogens with one attached hydrogen (secondary N) is 1. The monoisotopic (exact) mass is 625 g/mol. The molecular formula is C25H26BrCl2N5O3S. The van der Waals surface area contributed by atoms with Gasteiger partial charge in [-0.25, -0.2) is 4.68 Å². The molecule has 0 saturated carbocycles. The van der Waals surface area contributed by atoms with Crippen molar-refractivity contribution in [3.05, 3.63) is 67.2 Å². The summed E-state index contributed by atoms with van der Waals surface area (Å²) in [5.74, 6) is 1.88. The number of primary amides is 1. The molecule has 2 aromatic carbocycles. The molecule has 1 aliphatic rings. The minimum absolute atomic E-state index is 0.246. The van der Waals surface area contributed by atoms with Crippen molar-refractivity contribution >= 4 is 62.7 Å². The Hall–Kier alpha value is -2.40. The van der Waals surface area contributed by atoms with E-state index in [1.165, 1.54) is 0 Å². The van der Waals surface area contributed by atoms with E-state index in [1.807, 2.05) is 18.2 Å². The molecule has 4 rings (SSSR count). The van der Waals surface area contributed by atoms with Crippen LogP contribution in [0.15, 0.2) is 51.2 Å². The summed E-state index contributed by atoms with van der Waals surface area (Å²) in [6.45, 7) is 4.19. The Kier molecular flexibility index (Phi) is 8.94. The third-order valence-electron chi connectivity index (χ3n) is 5.76. The van der Waals surface area contributed by atoms with Gasteiger partial charge in [0.2, 0.25) is 17.0 Å². The molecule has 0 radical (unpaired) electrons. The largest absolute Gasteiger partial charge is 0.493 e. The first-order valence-corrected chi connectivity index (χ1v) is 14.1. The van der Waals surface area contributed by atoms with Gasteiger partial charge in [0, 0.05) is 11.4 Å². The van der Waals surface area contributed by atoms with Gasteiger partial charge in [-0.1, -0.05) is 54.4 Å². The number of unbranched alkanes of at least 4 members (excludes halogenated alkanes) is 1. The maximum absolute atomic E-state index is 12.6. The molecule has 196 valence electrons. The predicted octanol–water partition coefficient (Wildman–Crippen LogP) is 6.60. The summed E-state index contributed by atoms with van der Waals surface area (Å²) in [4.78, 5) is 17.2. The van der Waals surface area contributed by atoms with Gasteiger partial charge in [0.1, 0.15) is 12.6 Å². The summed E-state index contributed by atoms with van der Waals surface area (Å²) in [5, 5.41) is 9.43. The molecule has 3 N–H and O–H groups in total. The number of amides is 1. The van der Waals surface area contributed by atoms with Gasteiger partial charge in [-0.3, -0.25) is 4.79 Å². The SMILES string of the molecule is CCCCSc1nc2n(n1)C(c1cc(Br)c(OCc3ccc(Cl)c(Cl)c3)c(OC)c1)C(C(N)=O)=C(C)N2. The van der Waals surface area contributed by atoms with E-state index >= 15 is 0 Å². The maximum atomic E-state index is 12.6. The molecule has 8 nitrogen and oxygen atoms in total. The Balaban J connectivity index is 1.70. The zero-order chi connectivity index (χ0) is 26.7. The Morgan fingerprint density at radius 1 is 1.27 bits per heavy atom. The van der Waals surface area contributed by atoms with E-state index in [4.69, 9.17) is 43.5 Å². The maximum Gasteiger partial charge on any atom is 0.248 e. The second kappa shape index (κ2) is 12.0. The average Bonchev–Trinajstić information content (AvgIpc) is 3.26. The molecule has 1 amide bonds. The molecule has 1 unspecified atom stereocenters. The Morgan fingerprint density at radius 3 is 2.73 bits per heavy atom. The quantitative estimate of drug-likeness (QED) is 0.193. The summed E-state index contributed by atoms with van der Waals surface area (Å²) >= 11 is 17.4. The van der Waals surface area contributed by atoms with Gasteiger partial charge < -0.3 is 20.5 Å². The van der Waals surface area contributed by atoms with E-state index < -0.39 is 11.9 Å². The number of nitrogens with two attached hydrogens (primary N) is 1. The van der Waals surface area contributed by atoms with Crippen LogP contribution in [-0.4, -0.2) is 33.5 Å². The number of ether oxygens (including phenoxy) is 2. The first kappa shape index (κ1) is 27.6. The van der Waals surface area contributed by atoms with E-state index in [0.717, 1.165) is 29.7 Å². The summed E-state index contributed by atoms with van der Waals surface area (Å²) in [5.41, 5.74) is 8.42. The second-order valence-electron chi connectivity index (χ2n) is 8.37. The summed E-state index contributed by atoms with van der Waals surface area (Å²) in [6, 6.07) is 8.40. The zero-order valence-electron chi connectivity index (χ0n) is 20.5. The molecule has 12 heteroatoms. The normalized spacial score (nSPS) is 14.8. The van der Waals surface area contributed by atoms with Crippen LogP contribution >= 0.6 is 50.9 Å². The molecule has 3 aromatic rings. The van der Waals surface area contributed by atoms with Gasteiger partial charge in [-0.2, -0.15) is 4.98 Å². The van der Waals surface area contributed by atoms with Crippen molar-refractivity contribution in [3.63, 3.8) is 0 Å². The first-order chi connectivity index (χ1) is 17.7. The van der Waals surface area contributed by atoms with Crippen LogP contribution < -0.4 is 20.5 Å². The number of hydrogen-bond acceptors (Lipinski definition) is 7. The van der Waals surface area contributed by atoms with E-state index in [2.05, 4.69) is 33.2 Å². The summed E-state index contributed by atoms with van der Waals surface area (Å²) in [7, 11) is 1.56. The Bertz CT molecular complexity index is 1360. The Morgan fingerprint density at radius 2 is 2.05 bits per heavy atom. The van der Waals surface area contributed by atoms with Gasteiger partial charge in [0.25, 0.3) is 0 Å². The molecular weight excluding hydrogens is 601 g/mol. The number of thioether (sulfide) groups is 1. The highest BCUT2D eigenvalue weighted by atomic mass is 79.9. The van der Waals surface area contributed by atoms with Gasteiger partial charge >= 0.3 is 0 Å². The lowest BCUT2D eigenvalue weighted by atomic mass is 9.95. The van der Waals surface area contributed by atoms with Crippen molar-refractivity contribution in [1.29, 1.82) is 0 Å². The number of allylic oxidation sites excluding steroid dienone is 1. The van der Waals surface area contributed by atoms with E-state index in [0.29, 0.717) is 48.4 Å². The van der Waals surface area contributed by atoms with Crippen molar-refractivity contribution < 1.29 is 14.3 Å². The molecule has 1 aliphatic heterocycles. The van der Waals surface area contributed by atoms with Crippen molar-refractivity contribution in [2.75, 3.05) is 18.2 Å². The van der Waals surface area contributed by atoms with Crippen LogP contribution in [0.1, 0.15) is 43.9 Å². The van der Waals surface area contributed by atoms with E-state index in [-0.39, 0.29) is 6.61 Å². The molecule has 0 saturated heterocycles. The van der Waals surface area contributed by atoms with Crippen LogP contribution in [0.4, 0.5) is 5.95 Å². The number of hydrogen-bond donors (Lipinski definition) is 2. The molecule has 2 heterocycles. The number of fused-ring (bicyclic) bond motifs is 1. The zero-order valence-corrected chi connectivity index (χ0v) is 24.4. The van der Waals surface area contributed by atoms with Crippen molar-refractivity contribution in [2.45, 2.75) is 44.5 Å². The smallest absolute Gasteiger partial charge is 0.248 e. The number of benzene rings is 2. The summed E-state index contributed by atoms with van der Waals surface area (Å²) in [6.07, 6.45) is 2.14. The fourth-order valence-corrected chi connectivity index (χ4v) is 5.76. The number of methoxy groups -OCH3 is 1. The molecule has 0 fully saturated rings. The highest BCUT2D eigenvalue weighted by molar-refractivity contribution is 9.10. The topological polar surface area (TPSA) is 104 Å². The standard InChI is InChI=1S/C25H26BrCl2N5O3S/c1-4-5-8-37-25-31-24-30-13(2)20(23(29)34)21(33(24)32-25)15-10-16(26)22(19(11-15)35-3)36-12-14-6-7-17(27)18(28)9-14/h6-7,9-11,21H,4-5,8,12H2,1-3H3,(H2,29,34)(H,30,31,32). The highest BCUT2D eigenvalue weighted by Gasteiger charge is 2.34. The number of halogens is 3. The lowest BCUT2D eigenvalue weighted by molar-refractivity contribution is -0.115. The van der Waals surface area contributed by atoms with Crippen LogP contribution in [0.25, 0.3) is 0 Å². The number of carbonyl (C=O) groups is 1. The number of anilines is 1. The highest BCUT2D eigenvalue weighted by Crippen LogP contribution is 2.43. The van der Waals surface area contributed by atoms with Crippen molar-refractivity contribution in [2.24, 2.45) is 5.73 Å². The van der Waals surface area contributed by atoms with Crippen LogP contribution in [0, 0.1) is 0 Å². The summed E-state index contributed by atoms with van der Waals surface area (Å²) < 4.78 is 14.1. The number of rotatable bonds is 10. The second-order valence-corrected chi connectivity index (χ2v) is 11.1. The molecule has 0 aliphatic carbocycles. The van der Waals surface area contributed by atoms with Crippen LogP contribution in [0.3, 0.4) is 0 Å². The fourth-order valence-electron chi connectivity index (χ4n) is 3.95. The molecule has 37 heavy (non-hydrogen) atoms. The minimum Gasteiger partial charge on any atom is -0.493 e. The predicted molar refractivity (Wildman–Crippen MR) is 151 cm³/mol. The molecule has 1 atom stereocenters. The van der Waals surface area contributed by atoms with Crippen LogP contribution in [0.5, 0.6) is 11.5 Å². The molecule has 0 bridgehead atoms. The third-order valence-corrected chi connectivity index (χ3v) is 8.01. The molecule has 0 spiro atoms. The van der Waals surface area contributed by atoms with Crippen molar-refractivity contribution in [3.8, 4) is 11.5 Å². The fraction of sp³-hybridized carbons (Fsp3) is 0.320. The van der Waals surface area contributed by atoms with Gasteiger partial charge in [0.15, 0.2) is 11.5 Å². The lowest BCUT2D eigenvalue weighted by Crippen LogP contribution is -2.31. The third kappa shape index (κ3) is 6.03. The molecule has 1 aromatic heterocycles. The lowest BCUT2D eigenvalue weighted by Gasteiger charge is -2.28. The average molecular weight is 627 g/mol. The first-order valence-electron chi connectivity index (χ1n) is 11.5. The number of aromatic nitrogens is 3. The number of carbonyl (C=O) groups excluding carboxylic acids is 1. The van der Waals surface area contributed by atoms with Crippen LogP contribution in [-0.2, 0) is 11.4 Å². The minimum atomic E-state index is -0.601. The van der Waals surface area contributed by atoms with E-state index in [9.17, 15) is 4.79 Å². The van der Waals surface area contributed by atoms with E-state index in [1.54, 1.807) is 42.6 Å². The number of nitrogens with zero attached hydrogens (tertiary/aromatic N) is 3. The van der Waals surface area contributed by atoms with Crippen LogP contribution in [0.2, 0.25) is 10.0 Å². The van der Waals surface area contributed by atoms with Gasteiger partial charge in [-0.05, 0) is 64.7 Å². The van der Waals surface area contributed by atoms with Gasteiger partial charge in [0.05, 0.1) is 27.2 Å². The van der Waals surface area contributed by atoms with Crippen molar-refractivity contribution in [1.82, 2.24) is 14.8 Å². The Labute approximate surface area is 238 Å². The van der Waals surface area contributed by atoms with Gasteiger partial charge in [-0.15, -0.1) is 5.10 Å².